The zero-order valence-corrected chi connectivity index (χ0v) is 11.3. The van der Waals surface area contributed by atoms with Gasteiger partial charge in [0.05, 0.1) is 20.3 Å². The van der Waals surface area contributed by atoms with Crippen molar-refractivity contribution in [1.82, 2.24) is 9.97 Å². The van der Waals surface area contributed by atoms with Crippen LogP contribution in [0.5, 0.6) is 11.5 Å². The monoisotopic (exact) mass is 259 g/mol. The first-order chi connectivity index (χ1) is 9.24. The molecule has 2 aromatic rings. The Kier molecular flexibility index (Phi) is 4.18. The van der Waals surface area contributed by atoms with E-state index in [0.717, 1.165) is 11.3 Å². The summed E-state index contributed by atoms with van der Waals surface area (Å²) in [5, 5.41) is 3.23. The Morgan fingerprint density at radius 2 is 1.74 bits per heavy atom. The summed E-state index contributed by atoms with van der Waals surface area (Å²) < 4.78 is 10.5. The standard InChI is InChI=1S/C14H17N3O2/c1-10(17-14-15-7-4-8-16-14)11-5-6-12(18-2)13(9-11)19-3/h4-10H,1-3H3,(H,15,16,17)/t10-/m0/s1. The lowest BCUT2D eigenvalue weighted by Gasteiger charge is -2.16. The number of benzene rings is 1. The van der Waals surface area contributed by atoms with Gasteiger partial charge in [-0.2, -0.15) is 0 Å². The number of rotatable bonds is 5. The lowest BCUT2D eigenvalue weighted by Crippen LogP contribution is -2.09. The van der Waals surface area contributed by atoms with Gasteiger partial charge in [0.1, 0.15) is 0 Å². The Bertz CT molecular complexity index is 531. The second kappa shape index (κ2) is 6.04. The lowest BCUT2D eigenvalue weighted by atomic mass is 10.1. The fourth-order valence-electron chi connectivity index (χ4n) is 1.77. The van der Waals surface area contributed by atoms with Crippen LogP contribution in [-0.2, 0) is 0 Å². The van der Waals surface area contributed by atoms with Crippen molar-refractivity contribution < 1.29 is 9.47 Å². The van der Waals surface area contributed by atoms with Crippen LogP contribution in [-0.4, -0.2) is 24.2 Å². The predicted molar refractivity (Wildman–Crippen MR) is 73.6 cm³/mol. The molecule has 0 saturated carbocycles. The van der Waals surface area contributed by atoms with Gasteiger partial charge in [0.25, 0.3) is 0 Å². The smallest absolute Gasteiger partial charge is 0.223 e. The maximum absolute atomic E-state index is 5.29. The summed E-state index contributed by atoms with van der Waals surface area (Å²) >= 11 is 0. The van der Waals surface area contributed by atoms with E-state index in [-0.39, 0.29) is 6.04 Å². The second-order valence-electron chi connectivity index (χ2n) is 4.05. The summed E-state index contributed by atoms with van der Waals surface area (Å²) in [6.07, 6.45) is 3.41. The third kappa shape index (κ3) is 3.13. The Morgan fingerprint density at radius 1 is 1.05 bits per heavy atom. The van der Waals surface area contributed by atoms with E-state index < -0.39 is 0 Å². The maximum Gasteiger partial charge on any atom is 0.223 e. The third-order valence-corrected chi connectivity index (χ3v) is 2.82. The molecule has 19 heavy (non-hydrogen) atoms. The molecule has 5 nitrogen and oxygen atoms in total. The molecule has 100 valence electrons. The number of aromatic nitrogens is 2. The molecule has 0 bridgehead atoms. The first kappa shape index (κ1) is 13.1. The molecule has 0 radical (unpaired) electrons. The highest BCUT2D eigenvalue weighted by Gasteiger charge is 2.10. The molecule has 0 fully saturated rings. The van der Waals surface area contributed by atoms with Gasteiger partial charge in [-0.25, -0.2) is 9.97 Å². The quantitative estimate of drug-likeness (QED) is 0.894. The van der Waals surface area contributed by atoms with Crippen LogP contribution in [0.4, 0.5) is 5.95 Å². The van der Waals surface area contributed by atoms with Crippen molar-refractivity contribution in [2.75, 3.05) is 19.5 Å². The van der Waals surface area contributed by atoms with Crippen molar-refractivity contribution >= 4 is 5.95 Å². The van der Waals surface area contributed by atoms with Crippen LogP contribution in [0.3, 0.4) is 0 Å². The van der Waals surface area contributed by atoms with Crippen molar-refractivity contribution in [3.05, 3.63) is 42.2 Å². The van der Waals surface area contributed by atoms with E-state index >= 15 is 0 Å². The molecule has 0 aliphatic rings. The van der Waals surface area contributed by atoms with E-state index in [4.69, 9.17) is 9.47 Å². The molecule has 0 saturated heterocycles. The van der Waals surface area contributed by atoms with Gasteiger partial charge >= 0.3 is 0 Å². The van der Waals surface area contributed by atoms with Gasteiger partial charge in [0, 0.05) is 12.4 Å². The van der Waals surface area contributed by atoms with Crippen molar-refractivity contribution in [2.24, 2.45) is 0 Å². The minimum atomic E-state index is 0.0715. The maximum atomic E-state index is 5.29. The lowest BCUT2D eigenvalue weighted by molar-refractivity contribution is 0.354. The van der Waals surface area contributed by atoms with Crippen LogP contribution in [0.2, 0.25) is 0 Å². The molecule has 0 unspecified atom stereocenters. The summed E-state index contributed by atoms with van der Waals surface area (Å²) in [7, 11) is 3.25. The number of nitrogens with zero attached hydrogens (tertiary/aromatic N) is 2. The molecule has 2 rings (SSSR count). The molecular formula is C14H17N3O2. The van der Waals surface area contributed by atoms with Gasteiger partial charge in [-0.05, 0) is 30.7 Å². The van der Waals surface area contributed by atoms with E-state index in [2.05, 4.69) is 15.3 Å². The SMILES string of the molecule is COc1ccc([C@H](C)Nc2ncccn2)cc1OC. The van der Waals surface area contributed by atoms with Crippen LogP contribution < -0.4 is 14.8 Å². The highest BCUT2D eigenvalue weighted by atomic mass is 16.5. The molecule has 1 aromatic heterocycles. The molecule has 0 aliphatic carbocycles. The molecule has 0 aliphatic heterocycles. The van der Waals surface area contributed by atoms with E-state index in [1.54, 1.807) is 32.7 Å². The Hall–Kier alpha value is -2.30. The average molecular weight is 259 g/mol. The number of anilines is 1. The number of nitrogens with one attached hydrogen (secondary N) is 1. The van der Waals surface area contributed by atoms with Crippen LogP contribution >= 0.6 is 0 Å². The zero-order chi connectivity index (χ0) is 13.7. The molecule has 5 heteroatoms. The third-order valence-electron chi connectivity index (χ3n) is 2.82. The highest BCUT2D eigenvalue weighted by molar-refractivity contribution is 5.45. The zero-order valence-electron chi connectivity index (χ0n) is 11.3. The van der Waals surface area contributed by atoms with Crippen molar-refractivity contribution in [1.29, 1.82) is 0 Å². The number of hydrogen-bond donors (Lipinski definition) is 1. The van der Waals surface area contributed by atoms with Gasteiger partial charge < -0.3 is 14.8 Å². The summed E-state index contributed by atoms with van der Waals surface area (Å²) in [6, 6.07) is 7.67. The van der Waals surface area contributed by atoms with Crippen molar-refractivity contribution in [3.8, 4) is 11.5 Å². The molecular weight excluding hydrogens is 242 g/mol. The van der Waals surface area contributed by atoms with Crippen LogP contribution in [0, 0.1) is 0 Å². The second-order valence-corrected chi connectivity index (χ2v) is 4.05. The Labute approximate surface area is 112 Å². The summed E-state index contributed by atoms with van der Waals surface area (Å²) in [5.41, 5.74) is 1.07. The van der Waals surface area contributed by atoms with E-state index in [1.165, 1.54) is 0 Å². The predicted octanol–water partition coefficient (Wildman–Crippen LogP) is 2.67. The Morgan fingerprint density at radius 3 is 2.37 bits per heavy atom. The summed E-state index contributed by atoms with van der Waals surface area (Å²) in [5.74, 6) is 2.03. The minimum Gasteiger partial charge on any atom is -0.493 e. The first-order valence-electron chi connectivity index (χ1n) is 6.00. The fourth-order valence-corrected chi connectivity index (χ4v) is 1.77. The van der Waals surface area contributed by atoms with Gasteiger partial charge in [-0.3, -0.25) is 0 Å². The average Bonchev–Trinajstić information content (AvgIpc) is 2.47. The van der Waals surface area contributed by atoms with Gasteiger partial charge in [-0.1, -0.05) is 6.07 Å². The molecule has 1 aromatic carbocycles. The topological polar surface area (TPSA) is 56.3 Å². The normalized spacial score (nSPS) is 11.7. The largest absolute Gasteiger partial charge is 0.493 e. The van der Waals surface area contributed by atoms with Gasteiger partial charge in [0.2, 0.25) is 5.95 Å². The number of methoxy groups -OCH3 is 2. The van der Waals surface area contributed by atoms with Crippen LogP contribution in [0.25, 0.3) is 0 Å². The van der Waals surface area contributed by atoms with E-state index in [9.17, 15) is 0 Å². The van der Waals surface area contributed by atoms with Gasteiger partial charge in [0.15, 0.2) is 11.5 Å². The first-order valence-corrected chi connectivity index (χ1v) is 6.00. The van der Waals surface area contributed by atoms with Crippen molar-refractivity contribution in [2.45, 2.75) is 13.0 Å². The number of hydrogen-bond acceptors (Lipinski definition) is 5. The van der Waals surface area contributed by atoms with Crippen LogP contribution in [0.1, 0.15) is 18.5 Å². The van der Waals surface area contributed by atoms with E-state index in [0.29, 0.717) is 11.7 Å². The summed E-state index contributed by atoms with van der Waals surface area (Å²) in [4.78, 5) is 8.28. The fraction of sp³-hybridized carbons (Fsp3) is 0.286. The highest BCUT2D eigenvalue weighted by Crippen LogP contribution is 2.30. The van der Waals surface area contributed by atoms with Crippen molar-refractivity contribution in [3.63, 3.8) is 0 Å². The molecule has 0 spiro atoms. The van der Waals surface area contributed by atoms with Gasteiger partial charge in [-0.15, -0.1) is 0 Å². The Balaban J connectivity index is 2.17. The summed E-state index contributed by atoms with van der Waals surface area (Å²) in [6.45, 7) is 2.04. The van der Waals surface area contributed by atoms with E-state index in [1.807, 2.05) is 25.1 Å². The minimum absolute atomic E-state index is 0.0715. The molecule has 0 amide bonds. The molecule has 1 N–H and O–H groups in total. The molecule has 1 atom stereocenters. The molecule has 1 heterocycles. The van der Waals surface area contributed by atoms with Crippen LogP contribution in [0.15, 0.2) is 36.7 Å². The number of ether oxygens (including phenoxy) is 2.